The number of aromatic amines is 1. The van der Waals surface area contributed by atoms with Crippen LogP contribution in [-0.4, -0.2) is 151 Å². The molecule has 1 aromatic heterocycles. The zero-order valence-electron chi connectivity index (χ0n) is 42.5. The molecule has 1 fully saturated rings. The second-order valence-electron chi connectivity index (χ2n) is 18.9. The lowest BCUT2D eigenvalue weighted by molar-refractivity contribution is -0.145. The molecule has 25 nitrogen and oxygen atoms in total. The maximum Gasteiger partial charge on any atom is 0.326 e. The third kappa shape index (κ3) is 18.7. The minimum absolute atomic E-state index is 0.00211. The summed E-state index contributed by atoms with van der Waals surface area (Å²) < 4.78 is 0. The third-order valence-corrected chi connectivity index (χ3v) is 12.7. The van der Waals surface area contributed by atoms with Crippen LogP contribution in [0.3, 0.4) is 0 Å². The summed E-state index contributed by atoms with van der Waals surface area (Å²) in [6, 6.07) is 3.95. The molecule has 75 heavy (non-hydrogen) atoms. The van der Waals surface area contributed by atoms with Crippen LogP contribution >= 0.6 is 0 Å². The van der Waals surface area contributed by atoms with E-state index in [0.717, 1.165) is 0 Å². The Kier molecular flexibility index (Phi) is 23.0. The van der Waals surface area contributed by atoms with E-state index in [0.29, 0.717) is 29.7 Å². The van der Waals surface area contributed by atoms with Crippen LogP contribution in [0.25, 0.3) is 0 Å². The van der Waals surface area contributed by atoms with E-state index >= 15 is 0 Å². The molecule has 1 saturated heterocycles. The van der Waals surface area contributed by atoms with E-state index in [1.54, 1.807) is 58.0 Å². The number of aliphatic carboxylic acids is 2. The number of carbonyl (C=O) groups is 9. The highest BCUT2D eigenvalue weighted by molar-refractivity contribution is 5.98. The Hall–Kier alpha value is -8.09. The van der Waals surface area contributed by atoms with Crippen molar-refractivity contribution in [3.8, 4) is 5.75 Å². The highest BCUT2D eigenvalue weighted by atomic mass is 16.4. The monoisotopic (exact) mass is 1050 g/mol. The fourth-order valence-corrected chi connectivity index (χ4v) is 8.31. The van der Waals surface area contributed by atoms with Gasteiger partial charge >= 0.3 is 11.9 Å². The van der Waals surface area contributed by atoms with Crippen molar-refractivity contribution in [2.24, 2.45) is 34.0 Å². The Morgan fingerprint density at radius 1 is 0.747 bits per heavy atom. The number of nitrogens with one attached hydrogen (secondary N) is 7. The largest absolute Gasteiger partial charge is 0.508 e. The number of nitrogens with zero attached hydrogens (tertiary/aromatic N) is 3. The lowest BCUT2D eigenvalue weighted by Gasteiger charge is -2.32. The number of carboxylic acid groups (broad SMARTS) is 2. The number of carboxylic acids is 2. The predicted octanol–water partition coefficient (Wildman–Crippen LogP) is -1.31. The van der Waals surface area contributed by atoms with E-state index < -0.39 is 120 Å². The number of H-pyrrole nitrogens is 1. The van der Waals surface area contributed by atoms with Gasteiger partial charge in [-0.15, -0.1) is 0 Å². The van der Waals surface area contributed by atoms with Crippen LogP contribution in [0, 0.1) is 11.8 Å². The molecule has 4 rings (SSSR count). The number of imidazole rings is 1. The van der Waals surface area contributed by atoms with Crippen molar-refractivity contribution < 1.29 is 58.5 Å². The minimum atomic E-state index is -1.51. The lowest BCUT2D eigenvalue weighted by Crippen LogP contribution is -2.62. The molecule has 9 atom stereocenters. The molecule has 0 unspecified atom stereocenters. The number of nitrogens with two attached hydrogens (primary N) is 3. The Bertz CT molecular complexity index is 2450. The van der Waals surface area contributed by atoms with Gasteiger partial charge in [-0.1, -0.05) is 76.6 Å². The van der Waals surface area contributed by atoms with Gasteiger partial charge in [-0.25, -0.2) is 9.78 Å². The highest BCUT2D eigenvalue weighted by Crippen LogP contribution is 2.21. The summed E-state index contributed by atoms with van der Waals surface area (Å²) in [6.45, 7) is 6.90. The van der Waals surface area contributed by atoms with Crippen LogP contribution in [0.2, 0.25) is 0 Å². The van der Waals surface area contributed by atoms with E-state index in [1.807, 2.05) is 0 Å². The van der Waals surface area contributed by atoms with Gasteiger partial charge in [-0.05, 0) is 60.8 Å². The van der Waals surface area contributed by atoms with Crippen LogP contribution in [0.15, 0.2) is 72.1 Å². The number of aromatic nitrogens is 2. The molecule has 16 N–H and O–H groups in total. The molecular weight excluding hydrogens is 975 g/mol. The van der Waals surface area contributed by atoms with Crippen molar-refractivity contribution in [3.05, 3.63) is 83.9 Å². The maximum absolute atomic E-state index is 14.6. The van der Waals surface area contributed by atoms with Crippen LogP contribution in [0.1, 0.15) is 83.0 Å². The first-order valence-corrected chi connectivity index (χ1v) is 24.8. The van der Waals surface area contributed by atoms with Gasteiger partial charge in [-0.2, -0.15) is 0 Å². The zero-order valence-corrected chi connectivity index (χ0v) is 42.5. The Morgan fingerprint density at radius 3 is 1.95 bits per heavy atom. The molecule has 0 aliphatic carbocycles. The summed E-state index contributed by atoms with van der Waals surface area (Å²) in [6.07, 6.45) is 2.92. The van der Waals surface area contributed by atoms with E-state index in [9.17, 15) is 58.5 Å². The molecule has 0 bridgehead atoms. The number of likely N-dealkylation sites (tertiary alicyclic amines) is 1. The van der Waals surface area contributed by atoms with Gasteiger partial charge in [0.15, 0.2) is 5.96 Å². The van der Waals surface area contributed by atoms with Crippen LogP contribution in [0.4, 0.5) is 0 Å². The summed E-state index contributed by atoms with van der Waals surface area (Å²) in [5.74, 6) is -9.64. The van der Waals surface area contributed by atoms with Gasteiger partial charge in [0.25, 0.3) is 0 Å². The van der Waals surface area contributed by atoms with Gasteiger partial charge in [0.2, 0.25) is 41.4 Å². The predicted molar refractivity (Wildman–Crippen MR) is 273 cm³/mol. The molecule has 2 heterocycles. The van der Waals surface area contributed by atoms with E-state index in [1.165, 1.54) is 41.7 Å². The molecule has 1 aliphatic heterocycles. The van der Waals surface area contributed by atoms with Gasteiger partial charge in [0, 0.05) is 44.2 Å². The molecule has 3 aromatic rings. The lowest BCUT2D eigenvalue weighted by atomic mass is 9.96. The minimum Gasteiger partial charge on any atom is -0.508 e. The first-order valence-electron chi connectivity index (χ1n) is 24.8. The Labute approximate surface area is 434 Å². The van der Waals surface area contributed by atoms with Gasteiger partial charge in [0.1, 0.15) is 48.0 Å². The van der Waals surface area contributed by atoms with E-state index in [2.05, 4.69) is 46.9 Å². The number of hydrogen-bond acceptors (Lipinski definition) is 13. The second-order valence-corrected chi connectivity index (χ2v) is 18.9. The zero-order chi connectivity index (χ0) is 55.4. The standard InChI is InChI=1S/C50H71N13O12/c1-5-28(4)41(47(72)59-36(23-31-25-54-26-56-31)48(73)63-20-10-14-38(63)45(70)60-37(49(74)75)22-29-11-7-6-8-12-29)62-44(69)35(21-30-15-17-32(64)18-16-30)58-46(71)40(27(2)3)61-43(68)34(13-9-19-55-50(52)53)57-42(67)33(51)24-39(65)66/h6-8,11-12,15-18,25-28,33-38,40-41,64H,5,9-10,13-14,19-24,51H2,1-4H3,(H,54,56)(H,57,67)(H,58,71)(H,59,72)(H,60,70)(H,61,68)(H,62,69)(H,65,66)(H,74,75)(H4,52,53,55)/t28-,33+,34+,35+,36+,37+,38+,40+,41+/m1/s1. The number of aromatic hydroxyl groups is 1. The number of carbonyl (C=O) groups excluding carboxylic acids is 7. The summed E-state index contributed by atoms with van der Waals surface area (Å²) in [4.78, 5) is 134. The highest BCUT2D eigenvalue weighted by Gasteiger charge is 2.41. The SMILES string of the molecule is CC[C@@H](C)[C@H](NC(=O)[C@H](Cc1ccc(O)cc1)NC(=O)[C@@H](NC(=O)[C@H](CCCN=C(N)N)NC(=O)[C@@H](N)CC(=O)O)C(C)C)C(=O)N[C@@H](Cc1cnc[nH]1)C(=O)N1CCC[C@H]1C(=O)N[C@@H](Cc1ccccc1)C(=O)O. The van der Waals surface area contributed by atoms with Crippen LogP contribution in [0.5, 0.6) is 5.75 Å². The summed E-state index contributed by atoms with van der Waals surface area (Å²) >= 11 is 0. The van der Waals surface area contributed by atoms with Crippen molar-refractivity contribution in [1.82, 2.24) is 46.8 Å². The Balaban J connectivity index is 1.59. The van der Waals surface area contributed by atoms with Crippen molar-refractivity contribution in [2.45, 2.75) is 134 Å². The second kappa shape index (κ2) is 29.0. The van der Waals surface area contributed by atoms with E-state index in [4.69, 9.17) is 17.2 Å². The third-order valence-electron chi connectivity index (χ3n) is 12.7. The quantitative estimate of drug-likeness (QED) is 0.0218. The molecule has 408 valence electrons. The number of benzene rings is 2. The molecular formula is C50H71N13O12. The van der Waals surface area contributed by atoms with Crippen molar-refractivity contribution in [3.63, 3.8) is 0 Å². The van der Waals surface area contributed by atoms with Crippen LogP contribution in [-0.2, 0) is 62.4 Å². The van der Waals surface area contributed by atoms with Gasteiger partial charge in [-0.3, -0.25) is 43.3 Å². The van der Waals surface area contributed by atoms with Crippen molar-refractivity contribution >= 4 is 59.2 Å². The smallest absolute Gasteiger partial charge is 0.326 e. The topological polar surface area (TPSA) is 409 Å². The molecule has 1 aliphatic rings. The number of hydrogen-bond donors (Lipinski definition) is 13. The normalized spacial score (nSPS) is 16.3. The summed E-state index contributed by atoms with van der Waals surface area (Å²) in [5.41, 5.74) is 18.2. The van der Waals surface area contributed by atoms with Crippen molar-refractivity contribution in [2.75, 3.05) is 13.1 Å². The molecule has 2 aromatic carbocycles. The first-order chi connectivity index (χ1) is 35.6. The number of rotatable bonds is 29. The number of amides is 7. The number of phenols is 1. The summed E-state index contributed by atoms with van der Waals surface area (Å²) in [7, 11) is 0. The average molecular weight is 1050 g/mol. The van der Waals surface area contributed by atoms with Crippen LogP contribution < -0.4 is 49.1 Å². The number of aliphatic imine (C=N–C) groups is 1. The molecule has 0 radical (unpaired) electrons. The molecule has 25 heteroatoms. The van der Waals surface area contributed by atoms with E-state index in [-0.39, 0.29) is 63.3 Å². The fraction of sp³-hybridized carbons (Fsp3) is 0.500. The number of guanidine groups is 1. The maximum atomic E-state index is 14.6. The molecule has 0 spiro atoms. The molecule has 0 saturated carbocycles. The Morgan fingerprint density at radius 2 is 1.35 bits per heavy atom. The van der Waals surface area contributed by atoms with Gasteiger partial charge in [0.05, 0.1) is 18.8 Å². The molecule has 7 amide bonds. The fourth-order valence-electron chi connectivity index (χ4n) is 8.31. The summed E-state index contributed by atoms with van der Waals surface area (Å²) in [5, 5.41) is 45.1. The first kappa shape index (κ1) is 59.5. The van der Waals surface area contributed by atoms with Gasteiger partial charge < -0.3 is 74.3 Å². The van der Waals surface area contributed by atoms with Crippen molar-refractivity contribution in [1.29, 1.82) is 0 Å². The number of phenolic OH excluding ortho intramolecular Hbond substituents is 1. The average Bonchev–Trinajstić information content (AvgIpc) is 4.08.